The number of hydrogen-bond acceptors (Lipinski definition) is 4. The molecule has 6 heteroatoms. The van der Waals surface area contributed by atoms with Gasteiger partial charge < -0.3 is 15.4 Å². The predicted octanol–water partition coefficient (Wildman–Crippen LogP) is 3.39. The molecule has 0 saturated heterocycles. The summed E-state index contributed by atoms with van der Waals surface area (Å²) in [5.41, 5.74) is 2.24. The maximum Gasteiger partial charge on any atom is 0.337 e. The van der Waals surface area contributed by atoms with Crippen LogP contribution in [0.15, 0.2) is 48.5 Å². The molecule has 2 N–H and O–H groups in total. The van der Waals surface area contributed by atoms with Crippen molar-refractivity contribution < 1.29 is 19.1 Å². The molecule has 2 aromatic rings. The zero-order chi connectivity index (χ0) is 19.8. The average molecular weight is 368 g/mol. The highest BCUT2D eigenvalue weighted by atomic mass is 16.5. The summed E-state index contributed by atoms with van der Waals surface area (Å²) in [7, 11) is 1.29. The van der Waals surface area contributed by atoms with E-state index in [-0.39, 0.29) is 17.7 Å². The van der Waals surface area contributed by atoms with Crippen molar-refractivity contribution in [3.05, 3.63) is 65.2 Å². The van der Waals surface area contributed by atoms with E-state index >= 15 is 0 Å². The van der Waals surface area contributed by atoms with Crippen LogP contribution in [-0.2, 0) is 16.1 Å². The molecule has 0 radical (unpaired) electrons. The summed E-state index contributed by atoms with van der Waals surface area (Å²) in [4.78, 5) is 35.9. The molecule has 1 atom stereocenters. The molecular weight excluding hydrogens is 344 g/mol. The number of anilines is 1. The van der Waals surface area contributed by atoms with Gasteiger partial charge in [-0.15, -0.1) is 0 Å². The van der Waals surface area contributed by atoms with Gasteiger partial charge in [-0.25, -0.2) is 4.79 Å². The normalized spacial score (nSPS) is 11.4. The van der Waals surface area contributed by atoms with Crippen LogP contribution >= 0.6 is 0 Å². The van der Waals surface area contributed by atoms with Crippen LogP contribution in [-0.4, -0.2) is 24.9 Å². The zero-order valence-corrected chi connectivity index (χ0v) is 15.7. The SMILES string of the molecule is CC[C@H](C)C(=O)Nc1cccc(CNC(=O)c2cccc(C(=O)OC)c2)c1. The van der Waals surface area contributed by atoms with Crippen LogP contribution in [0.5, 0.6) is 0 Å². The van der Waals surface area contributed by atoms with Crippen LogP contribution in [0.4, 0.5) is 5.69 Å². The number of methoxy groups -OCH3 is 1. The summed E-state index contributed by atoms with van der Waals surface area (Å²) in [5, 5.41) is 5.69. The Morgan fingerprint density at radius 1 is 1.04 bits per heavy atom. The quantitative estimate of drug-likeness (QED) is 0.734. The van der Waals surface area contributed by atoms with Crippen molar-refractivity contribution in [1.29, 1.82) is 0 Å². The summed E-state index contributed by atoms with van der Waals surface area (Å²) in [6.07, 6.45) is 0.770. The van der Waals surface area contributed by atoms with Crippen molar-refractivity contribution in [1.82, 2.24) is 5.32 Å². The monoisotopic (exact) mass is 368 g/mol. The Hall–Kier alpha value is -3.15. The lowest BCUT2D eigenvalue weighted by molar-refractivity contribution is -0.119. The highest BCUT2D eigenvalue weighted by Gasteiger charge is 2.12. The van der Waals surface area contributed by atoms with E-state index in [0.717, 1.165) is 12.0 Å². The topological polar surface area (TPSA) is 84.5 Å². The van der Waals surface area contributed by atoms with E-state index in [2.05, 4.69) is 15.4 Å². The molecular formula is C21H24N2O4. The number of carbonyl (C=O) groups excluding carboxylic acids is 3. The predicted molar refractivity (Wildman–Crippen MR) is 103 cm³/mol. The number of benzene rings is 2. The van der Waals surface area contributed by atoms with Gasteiger partial charge in [-0.05, 0) is 42.3 Å². The lowest BCUT2D eigenvalue weighted by Gasteiger charge is -2.11. The summed E-state index contributed by atoms with van der Waals surface area (Å²) in [5.74, 6) is -0.877. The fraction of sp³-hybridized carbons (Fsp3) is 0.286. The van der Waals surface area contributed by atoms with Crippen molar-refractivity contribution in [3.63, 3.8) is 0 Å². The van der Waals surface area contributed by atoms with Crippen LogP contribution in [0.25, 0.3) is 0 Å². The van der Waals surface area contributed by atoms with E-state index in [1.54, 1.807) is 18.2 Å². The Bertz CT molecular complexity index is 832. The number of ether oxygens (including phenoxy) is 1. The third kappa shape index (κ3) is 5.67. The van der Waals surface area contributed by atoms with Gasteiger partial charge in [-0.3, -0.25) is 9.59 Å². The number of nitrogens with one attached hydrogen (secondary N) is 2. The number of amides is 2. The standard InChI is InChI=1S/C21H24N2O4/c1-4-14(2)19(24)23-18-10-5-7-15(11-18)13-22-20(25)16-8-6-9-17(12-16)21(26)27-3/h5-12,14H,4,13H2,1-3H3,(H,22,25)(H,23,24)/t14-/m0/s1. The third-order valence-corrected chi connectivity index (χ3v) is 4.25. The van der Waals surface area contributed by atoms with Gasteiger partial charge in [0.1, 0.15) is 0 Å². The molecule has 0 heterocycles. The van der Waals surface area contributed by atoms with E-state index in [1.165, 1.54) is 13.2 Å². The summed E-state index contributed by atoms with van der Waals surface area (Å²) >= 11 is 0. The molecule has 2 rings (SSSR count). The van der Waals surface area contributed by atoms with Crippen LogP contribution in [0.2, 0.25) is 0 Å². The molecule has 142 valence electrons. The molecule has 0 fully saturated rings. The molecule has 0 spiro atoms. The van der Waals surface area contributed by atoms with Crippen LogP contribution in [0, 0.1) is 5.92 Å². The lowest BCUT2D eigenvalue weighted by atomic mass is 10.1. The van der Waals surface area contributed by atoms with Crippen molar-refractivity contribution in [2.45, 2.75) is 26.8 Å². The summed E-state index contributed by atoms with van der Waals surface area (Å²) in [6.45, 7) is 4.14. The highest BCUT2D eigenvalue weighted by molar-refractivity contribution is 5.98. The lowest BCUT2D eigenvalue weighted by Crippen LogP contribution is -2.23. The first-order valence-corrected chi connectivity index (χ1v) is 8.81. The zero-order valence-electron chi connectivity index (χ0n) is 15.7. The number of hydrogen-bond donors (Lipinski definition) is 2. The Balaban J connectivity index is 2.00. The van der Waals surface area contributed by atoms with Crippen LogP contribution < -0.4 is 10.6 Å². The fourth-order valence-electron chi connectivity index (χ4n) is 2.40. The van der Waals surface area contributed by atoms with Gasteiger partial charge in [0.25, 0.3) is 5.91 Å². The van der Waals surface area contributed by atoms with Crippen molar-refractivity contribution >= 4 is 23.5 Å². The van der Waals surface area contributed by atoms with E-state index in [9.17, 15) is 14.4 Å². The van der Waals surface area contributed by atoms with Gasteiger partial charge in [0.05, 0.1) is 12.7 Å². The van der Waals surface area contributed by atoms with Crippen molar-refractivity contribution in [3.8, 4) is 0 Å². The van der Waals surface area contributed by atoms with Gasteiger partial charge in [-0.1, -0.05) is 32.0 Å². The van der Waals surface area contributed by atoms with Gasteiger partial charge in [-0.2, -0.15) is 0 Å². The Morgan fingerprint density at radius 3 is 2.44 bits per heavy atom. The third-order valence-electron chi connectivity index (χ3n) is 4.25. The van der Waals surface area contributed by atoms with E-state index in [1.807, 2.05) is 38.1 Å². The molecule has 0 aliphatic rings. The maximum absolute atomic E-state index is 12.3. The van der Waals surface area contributed by atoms with Crippen molar-refractivity contribution in [2.24, 2.45) is 5.92 Å². The van der Waals surface area contributed by atoms with E-state index in [4.69, 9.17) is 0 Å². The minimum absolute atomic E-state index is 0.0293. The van der Waals surface area contributed by atoms with Gasteiger partial charge >= 0.3 is 5.97 Å². The second-order valence-corrected chi connectivity index (χ2v) is 6.25. The minimum atomic E-state index is -0.491. The Labute approximate surface area is 158 Å². The molecule has 2 aromatic carbocycles. The highest BCUT2D eigenvalue weighted by Crippen LogP contribution is 2.13. The largest absolute Gasteiger partial charge is 0.465 e. The first-order valence-electron chi connectivity index (χ1n) is 8.81. The second kappa shape index (κ2) is 9.52. The smallest absolute Gasteiger partial charge is 0.337 e. The van der Waals surface area contributed by atoms with Gasteiger partial charge in [0, 0.05) is 23.7 Å². The number of carbonyl (C=O) groups is 3. The maximum atomic E-state index is 12.3. The average Bonchev–Trinajstić information content (AvgIpc) is 2.71. The molecule has 0 unspecified atom stereocenters. The molecule has 2 amide bonds. The molecule has 0 aromatic heterocycles. The molecule has 0 bridgehead atoms. The molecule has 27 heavy (non-hydrogen) atoms. The van der Waals surface area contributed by atoms with Crippen LogP contribution in [0.3, 0.4) is 0 Å². The molecule has 0 saturated carbocycles. The van der Waals surface area contributed by atoms with Gasteiger partial charge in [0.15, 0.2) is 0 Å². The summed E-state index contributed by atoms with van der Waals surface area (Å²) in [6, 6.07) is 13.7. The van der Waals surface area contributed by atoms with Gasteiger partial charge in [0.2, 0.25) is 5.91 Å². The van der Waals surface area contributed by atoms with Crippen molar-refractivity contribution in [2.75, 3.05) is 12.4 Å². The first-order chi connectivity index (χ1) is 12.9. The first kappa shape index (κ1) is 20.2. The molecule has 0 aliphatic heterocycles. The Morgan fingerprint density at radius 2 is 1.74 bits per heavy atom. The number of esters is 1. The number of rotatable bonds is 7. The minimum Gasteiger partial charge on any atom is -0.465 e. The fourth-order valence-corrected chi connectivity index (χ4v) is 2.40. The van der Waals surface area contributed by atoms with E-state index < -0.39 is 5.97 Å². The van der Waals surface area contributed by atoms with E-state index in [0.29, 0.717) is 23.4 Å². The second-order valence-electron chi connectivity index (χ2n) is 6.25. The Kier molecular flexibility index (Phi) is 7.11. The molecule has 0 aliphatic carbocycles. The summed E-state index contributed by atoms with van der Waals surface area (Å²) < 4.78 is 4.66. The van der Waals surface area contributed by atoms with Crippen LogP contribution in [0.1, 0.15) is 46.5 Å². The molecule has 6 nitrogen and oxygen atoms in total.